The topological polar surface area (TPSA) is 196 Å². The Morgan fingerprint density at radius 2 is 1.37 bits per heavy atom. The van der Waals surface area contributed by atoms with Gasteiger partial charge in [-0.05, 0) is 119 Å². The number of carbonyl (C=O) groups is 6. The molecule has 6 N–H and O–H groups in total. The number of nitrogens with one attached hydrogen (secondary N) is 5. The quantitative estimate of drug-likeness (QED) is 0.0347. The molecule has 0 atom stereocenters. The van der Waals surface area contributed by atoms with Gasteiger partial charge in [0.1, 0.15) is 11.4 Å². The average molecular weight is 929 g/mol. The number of carboxylic acids is 1. The number of hydrogen-bond acceptors (Lipinski definition) is 8. The van der Waals surface area contributed by atoms with Crippen LogP contribution in [0.4, 0.5) is 11.5 Å². The number of hydrogen-bond donors (Lipinski definition) is 6. The maximum absolute atomic E-state index is 14.0. The maximum atomic E-state index is 14.0. The van der Waals surface area contributed by atoms with Gasteiger partial charge in [0.2, 0.25) is 17.7 Å². The predicted molar refractivity (Wildman–Crippen MR) is 268 cm³/mol. The van der Waals surface area contributed by atoms with Crippen molar-refractivity contribution in [2.45, 2.75) is 90.8 Å². The maximum Gasteiger partial charge on any atom is 0.335 e. The van der Waals surface area contributed by atoms with E-state index >= 15 is 0 Å². The minimum absolute atomic E-state index is 0.00776. The number of aromatic carboxylic acids is 1. The summed E-state index contributed by atoms with van der Waals surface area (Å²) < 4.78 is 0. The van der Waals surface area contributed by atoms with Gasteiger partial charge in [-0.3, -0.25) is 28.9 Å². The first-order valence-electron chi connectivity index (χ1n) is 23.4. The van der Waals surface area contributed by atoms with Crippen LogP contribution in [0.3, 0.4) is 0 Å². The monoisotopic (exact) mass is 929 g/mol. The summed E-state index contributed by atoms with van der Waals surface area (Å²) in [6.45, 7) is 10.2. The third-order valence-corrected chi connectivity index (χ3v) is 12.1. The molecule has 0 bridgehead atoms. The normalized spacial score (nSPS) is 11.5. The van der Waals surface area contributed by atoms with Gasteiger partial charge >= 0.3 is 5.97 Å². The fourth-order valence-corrected chi connectivity index (χ4v) is 8.05. The number of aryl methyl sites for hydroxylation is 2. The Morgan fingerprint density at radius 1 is 0.706 bits per heavy atom. The lowest BCUT2D eigenvalue weighted by Crippen LogP contribution is -2.55. The van der Waals surface area contributed by atoms with Crippen LogP contribution in [0.1, 0.15) is 108 Å². The molecule has 0 unspecified atom stereocenters. The summed E-state index contributed by atoms with van der Waals surface area (Å²) in [6.07, 6.45) is 4.24. The number of H-pyrrole nitrogens is 1. The molecule has 68 heavy (non-hydrogen) atoms. The number of para-hydroxylation sites is 1. The summed E-state index contributed by atoms with van der Waals surface area (Å²) in [5, 5.41) is 21.4. The van der Waals surface area contributed by atoms with Gasteiger partial charge in [0.25, 0.3) is 11.8 Å². The number of likely N-dealkylation sites (N-methyl/N-ethyl adjacent to an activating group) is 2. The zero-order valence-corrected chi connectivity index (χ0v) is 40.5. The number of nitrogens with zero attached hydrogens (tertiary/aromatic N) is 3. The first-order chi connectivity index (χ1) is 32.5. The standard InChI is InChI=1S/C53H68N8O7/c1-8-42(9-2)61(33-32-60(7)46(63)29-28-45(62)58-53(3,4)52(68)54-30-31-59(5)6)35-38-16-13-17-40(34-38)49(64)57-48-47(43-18-10-11-19-44(43)56-48)50(65)55-41-26-22-37(23-27-41)15-12-14-36-20-24-39(25-21-36)51(66)67/h10-11,13,16-27,34,42,56H,8-9,12,14-15,28-33,35H2,1-7H3,(H,54,68)(H,55,65)(H,57,64)(H,58,62)(H,66,67). The third-order valence-electron chi connectivity index (χ3n) is 12.1. The number of fused-ring (bicyclic) bond motifs is 1. The summed E-state index contributed by atoms with van der Waals surface area (Å²) in [6, 6.07) is 29.6. The molecular formula is C53H68N8O7. The van der Waals surface area contributed by atoms with Gasteiger partial charge in [-0.25, -0.2) is 4.79 Å². The van der Waals surface area contributed by atoms with Crippen molar-refractivity contribution in [1.82, 2.24) is 30.3 Å². The Bertz CT molecular complexity index is 2510. The molecule has 15 nitrogen and oxygen atoms in total. The highest BCUT2D eigenvalue weighted by atomic mass is 16.4. The second-order valence-electron chi connectivity index (χ2n) is 18.1. The highest BCUT2D eigenvalue weighted by Gasteiger charge is 2.29. The Kier molecular flexibility index (Phi) is 19.0. The molecule has 1 heterocycles. The number of amides is 5. The van der Waals surface area contributed by atoms with Crippen molar-refractivity contribution in [3.63, 3.8) is 0 Å². The highest BCUT2D eigenvalue weighted by molar-refractivity contribution is 6.19. The van der Waals surface area contributed by atoms with Gasteiger partial charge < -0.3 is 41.2 Å². The Labute approximate surface area is 400 Å². The molecule has 0 saturated heterocycles. The van der Waals surface area contributed by atoms with Gasteiger partial charge in [-0.2, -0.15) is 0 Å². The summed E-state index contributed by atoms with van der Waals surface area (Å²) in [5.74, 6) is -2.26. The molecule has 0 aliphatic heterocycles. The Morgan fingerprint density at radius 3 is 2.01 bits per heavy atom. The second-order valence-corrected chi connectivity index (χ2v) is 18.1. The zero-order chi connectivity index (χ0) is 49.4. The molecule has 0 spiro atoms. The van der Waals surface area contributed by atoms with Crippen molar-refractivity contribution in [2.24, 2.45) is 0 Å². The van der Waals surface area contributed by atoms with Crippen LogP contribution in [0, 0.1) is 0 Å². The first-order valence-corrected chi connectivity index (χ1v) is 23.4. The second kappa shape index (κ2) is 24.8. The lowest BCUT2D eigenvalue weighted by molar-refractivity contribution is -0.135. The van der Waals surface area contributed by atoms with E-state index in [-0.39, 0.29) is 59.8 Å². The number of aromatic amines is 1. The van der Waals surface area contributed by atoms with E-state index in [2.05, 4.69) is 45.0 Å². The van der Waals surface area contributed by atoms with E-state index in [0.29, 0.717) is 60.4 Å². The number of carbonyl (C=O) groups excluding carboxylic acids is 5. The van der Waals surface area contributed by atoms with Crippen LogP contribution in [-0.2, 0) is 33.8 Å². The third kappa shape index (κ3) is 15.1. The Hall–Kier alpha value is -6.84. The summed E-state index contributed by atoms with van der Waals surface area (Å²) in [4.78, 5) is 86.8. The fourth-order valence-electron chi connectivity index (χ4n) is 8.05. The number of anilines is 2. The van der Waals surface area contributed by atoms with E-state index in [1.807, 2.05) is 97.9 Å². The van der Waals surface area contributed by atoms with Gasteiger partial charge in [-0.1, -0.05) is 68.4 Å². The van der Waals surface area contributed by atoms with E-state index < -0.39 is 11.5 Å². The van der Waals surface area contributed by atoms with Crippen LogP contribution >= 0.6 is 0 Å². The molecule has 0 aliphatic rings. The molecule has 5 rings (SSSR count). The highest BCUT2D eigenvalue weighted by Crippen LogP contribution is 2.28. The fraction of sp³-hybridized carbons (Fsp3) is 0.396. The number of aromatic nitrogens is 1. The molecule has 15 heteroatoms. The largest absolute Gasteiger partial charge is 0.478 e. The molecule has 5 aromatic rings. The Balaban J connectivity index is 1.17. The smallest absolute Gasteiger partial charge is 0.335 e. The molecule has 0 fully saturated rings. The van der Waals surface area contributed by atoms with Crippen molar-refractivity contribution in [3.05, 3.63) is 130 Å². The van der Waals surface area contributed by atoms with Crippen molar-refractivity contribution >= 4 is 57.9 Å². The average Bonchev–Trinajstić information content (AvgIpc) is 3.68. The zero-order valence-electron chi connectivity index (χ0n) is 40.5. The minimum Gasteiger partial charge on any atom is -0.478 e. The van der Waals surface area contributed by atoms with Crippen LogP contribution < -0.4 is 21.3 Å². The van der Waals surface area contributed by atoms with E-state index in [0.717, 1.165) is 48.8 Å². The van der Waals surface area contributed by atoms with Gasteiger partial charge in [0.05, 0.1) is 11.1 Å². The lowest BCUT2D eigenvalue weighted by atomic mass is 10.0. The van der Waals surface area contributed by atoms with Crippen molar-refractivity contribution < 1.29 is 33.9 Å². The van der Waals surface area contributed by atoms with Gasteiger partial charge in [0, 0.05) is 80.8 Å². The molecule has 4 aromatic carbocycles. The molecule has 0 aliphatic carbocycles. The van der Waals surface area contributed by atoms with E-state index in [1.165, 1.54) is 0 Å². The van der Waals surface area contributed by atoms with Crippen LogP contribution in [0.15, 0.2) is 97.1 Å². The summed E-state index contributed by atoms with van der Waals surface area (Å²) in [7, 11) is 5.55. The van der Waals surface area contributed by atoms with Crippen LogP contribution in [0.2, 0.25) is 0 Å². The van der Waals surface area contributed by atoms with Crippen LogP contribution in [0.25, 0.3) is 10.9 Å². The van der Waals surface area contributed by atoms with Gasteiger partial charge in [0.15, 0.2) is 0 Å². The first kappa shape index (κ1) is 52.1. The van der Waals surface area contributed by atoms with E-state index in [9.17, 15) is 28.8 Å². The van der Waals surface area contributed by atoms with E-state index in [4.69, 9.17) is 5.11 Å². The van der Waals surface area contributed by atoms with Crippen molar-refractivity contribution in [1.29, 1.82) is 0 Å². The molecular weight excluding hydrogens is 861 g/mol. The van der Waals surface area contributed by atoms with Crippen molar-refractivity contribution in [3.8, 4) is 0 Å². The van der Waals surface area contributed by atoms with Crippen molar-refractivity contribution in [2.75, 3.05) is 58.0 Å². The number of benzene rings is 4. The molecule has 0 radical (unpaired) electrons. The number of rotatable bonds is 25. The SMILES string of the molecule is CCC(CC)N(CCN(C)C(=O)CCC(=O)NC(C)(C)C(=O)NCCN(C)C)Cc1cccc(C(=O)Nc2[nH]c3ccccc3c2C(=O)Nc2ccc(CCCc3ccc(C(=O)O)cc3)cc2)c1. The van der Waals surface area contributed by atoms with E-state index in [1.54, 1.807) is 44.0 Å². The number of carboxylic acid groups (broad SMARTS) is 1. The lowest BCUT2D eigenvalue weighted by Gasteiger charge is -2.32. The molecule has 1 aromatic heterocycles. The van der Waals surface area contributed by atoms with Gasteiger partial charge in [-0.15, -0.1) is 0 Å². The summed E-state index contributed by atoms with van der Waals surface area (Å²) >= 11 is 0. The molecule has 362 valence electrons. The van der Waals surface area contributed by atoms with Crippen LogP contribution in [-0.4, -0.2) is 119 Å². The predicted octanol–water partition coefficient (Wildman–Crippen LogP) is 7.35. The summed E-state index contributed by atoms with van der Waals surface area (Å²) in [5.41, 5.74) is 4.27. The minimum atomic E-state index is -1.12. The molecule has 5 amide bonds. The molecule has 0 saturated carbocycles. The van der Waals surface area contributed by atoms with Crippen LogP contribution in [0.5, 0.6) is 0 Å².